The summed E-state index contributed by atoms with van der Waals surface area (Å²) >= 11 is 0. The maximum atomic E-state index is 11.3. The van der Waals surface area contributed by atoms with Crippen LogP contribution in [0.15, 0.2) is 0 Å². The van der Waals surface area contributed by atoms with Crippen LogP contribution in [0.25, 0.3) is 0 Å². The molecule has 2 aliphatic carbocycles. The molecule has 0 heterocycles. The molecule has 0 spiro atoms. The highest BCUT2D eigenvalue weighted by Crippen LogP contribution is 2.20. The summed E-state index contributed by atoms with van der Waals surface area (Å²) in [4.78, 5) is 11.3. The lowest BCUT2D eigenvalue weighted by Crippen LogP contribution is -2.37. The van der Waals surface area contributed by atoms with Gasteiger partial charge in [-0.2, -0.15) is 0 Å². The van der Waals surface area contributed by atoms with Crippen LogP contribution in [0.4, 0.5) is 4.79 Å². The Morgan fingerprint density at radius 1 is 1.17 bits per heavy atom. The van der Waals surface area contributed by atoms with Crippen molar-refractivity contribution in [3.05, 3.63) is 0 Å². The third-order valence-electron chi connectivity index (χ3n) is 3.59. The third-order valence-corrected chi connectivity index (χ3v) is 3.59. The normalized spacial score (nSPS) is 27.8. The van der Waals surface area contributed by atoms with Gasteiger partial charge < -0.3 is 21.1 Å². The first-order chi connectivity index (χ1) is 8.74. The first-order valence-electron chi connectivity index (χ1n) is 7.15. The molecule has 0 radical (unpaired) electrons. The summed E-state index contributed by atoms with van der Waals surface area (Å²) < 4.78 is 5.78. The number of hydrogen-bond acceptors (Lipinski definition) is 3. The van der Waals surface area contributed by atoms with Gasteiger partial charge in [0, 0.05) is 25.2 Å². The molecule has 0 aliphatic heterocycles. The van der Waals surface area contributed by atoms with E-state index >= 15 is 0 Å². The number of carbonyl (C=O) groups excluding carboxylic acids is 1. The number of rotatable bonds is 6. The van der Waals surface area contributed by atoms with Crippen LogP contribution in [0.2, 0.25) is 0 Å². The van der Waals surface area contributed by atoms with Gasteiger partial charge in [-0.3, -0.25) is 0 Å². The first kappa shape index (κ1) is 13.6. The van der Waals surface area contributed by atoms with E-state index in [0.717, 1.165) is 51.6 Å². The molecule has 2 rings (SSSR count). The van der Waals surface area contributed by atoms with E-state index in [-0.39, 0.29) is 6.03 Å². The lowest BCUT2D eigenvalue weighted by Gasteiger charge is -2.26. The number of nitrogens with two attached hydrogens (primary N) is 1. The van der Waals surface area contributed by atoms with Gasteiger partial charge in [-0.05, 0) is 44.9 Å². The van der Waals surface area contributed by atoms with Gasteiger partial charge in [0.2, 0.25) is 0 Å². The molecule has 0 unspecified atom stereocenters. The zero-order valence-corrected chi connectivity index (χ0v) is 11.0. The Labute approximate surface area is 109 Å². The Morgan fingerprint density at radius 3 is 2.56 bits per heavy atom. The Morgan fingerprint density at radius 2 is 1.89 bits per heavy atom. The topological polar surface area (TPSA) is 76.4 Å². The van der Waals surface area contributed by atoms with Crippen LogP contribution in [0.3, 0.4) is 0 Å². The molecule has 4 N–H and O–H groups in total. The molecule has 2 fully saturated rings. The van der Waals surface area contributed by atoms with Crippen molar-refractivity contribution in [3.63, 3.8) is 0 Å². The highest BCUT2D eigenvalue weighted by molar-refractivity contribution is 5.74. The zero-order valence-electron chi connectivity index (χ0n) is 11.0. The van der Waals surface area contributed by atoms with Gasteiger partial charge in [-0.25, -0.2) is 4.79 Å². The van der Waals surface area contributed by atoms with Crippen LogP contribution in [-0.2, 0) is 4.74 Å². The van der Waals surface area contributed by atoms with E-state index in [4.69, 9.17) is 10.5 Å². The zero-order chi connectivity index (χ0) is 12.8. The van der Waals surface area contributed by atoms with E-state index in [1.54, 1.807) is 0 Å². The molecule has 104 valence electrons. The summed E-state index contributed by atoms with van der Waals surface area (Å²) in [5.41, 5.74) is 5.84. The van der Waals surface area contributed by atoms with Crippen LogP contribution in [0.5, 0.6) is 0 Å². The summed E-state index contributed by atoms with van der Waals surface area (Å²) in [5.74, 6) is 0. The second kappa shape index (κ2) is 6.95. The molecule has 2 aliphatic rings. The van der Waals surface area contributed by atoms with Gasteiger partial charge in [0.1, 0.15) is 0 Å². The summed E-state index contributed by atoms with van der Waals surface area (Å²) in [6.07, 6.45) is 7.82. The predicted octanol–water partition coefficient (Wildman–Crippen LogP) is 1.12. The lowest BCUT2D eigenvalue weighted by atomic mass is 9.94. The maximum absolute atomic E-state index is 11.3. The van der Waals surface area contributed by atoms with E-state index in [1.165, 1.54) is 0 Å². The van der Waals surface area contributed by atoms with E-state index < -0.39 is 0 Å². The van der Waals surface area contributed by atoms with Crippen LogP contribution in [-0.4, -0.2) is 37.4 Å². The SMILES string of the molecule is NC1CCC(OCCCNC(=O)NC2CC2)CC1. The second-order valence-electron chi connectivity index (χ2n) is 5.44. The minimum Gasteiger partial charge on any atom is -0.378 e. The molecule has 0 atom stereocenters. The van der Waals surface area contributed by atoms with Gasteiger partial charge in [-0.15, -0.1) is 0 Å². The molecule has 5 nitrogen and oxygen atoms in total. The summed E-state index contributed by atoms with van der Waals surface area (Å²) in [5, 5.41) is 5.74. The number of ether oxygens (including phenoxy) is 1. The largest absolute Gasteiger partial charge is 0.378 e. The van der Waals surface area contributed by atoms with Crippen molar-refractivity contribution >= 4 is 6.03 Å². The lowest BCUT2D eigenvalue weighted by molar-refractivity contribution is 0.0243. The first-order valence-corrected chi connectivity index (χ1v) is 7.15. The number of amides is 2. The van der Waals surface area contributed by atoms with Crippen LogP contribution in [0.1, 0.15) is 44.9 Å². The van der Waals surface area contributed by atoms with Gasteiger partial charge in [0.05, 0.1) is 6.10 Å². The fourth-order valence-corrected chi connectivity index (χ4v) is 2.24. The van der Waals surface area contributed by atoms with Crippen molar-refractivity contribution in [2.75, 3.05) is 13.2 Å². The molecule has 0 aromatic rings. The average molecular weight is 255 g/mol. The Bertz CT molecular complexity index is 261. The van der Waals surface area contributed by atoms with Crippen molar-refractivity contribution in [1.29, 1.82) is 0 Å². The molecule has 0 saturated heterocycles. The Kier molecular flexibility index (Phi) is 5.26. The highest BCUT2D eigenvalue weighted by atomic mass is 16.5. The van der Waals surface area contributed by atoms with Crippen molar-refractivity contribution in [3.8, 4) is 0 Å². The van der Waals surface area contributed by atoms with Gasteiger partial charge in [0.15, 0.2) is 0 Å². The number of nitrogens with one attached hydrogen (secondary N) is 2. The van der Waals surface area contributed by atoms with E-state index in [1.807, 2.05) is 0 Å². The average Bonchev–Trinajstić information content (AvgIpc) is 3.15. The third kappa shape index (κ3) is 5.23. The Hall–Kier alpha value is -0.810. The number of urea groups is 1. The summed E-state index contributed by atoms with van der Waals surface area (Å²) in [7, 11) is 0. The summed E-state index contributed by atoms with van der Waals surface area (Å²) in [6, 6.07) is 0.756. The standard InChI is InChI=1S/C13H25N3O2/c14-10-2-6-12(7-3-10)18-9-1-8-15-13(17)16-11-4-5-11/h10-12H,1-9,14H2,(H2,15,16,17). The van der Waals surface area contributed by atoms with Crippen LogP contribution < -0.4 is 16.4 Å². The van der Waals surface area contributed by atoms with Gasteiger partial charge in [0.25, 0.3) is 0 Å². The molecule has 0 aromatic carbocycles. The molecular weight excluding hydrogens is 230 g/mol. The molecule has 2 amide bonds. The fraction of sp³-hybridized carbons (Fsp3) is 0.923. The second-order valence-corrected chi connectivity index (χ2v) is 5.44. The highest BCUT2D eigenvalue weighted by Gasteiger charge is 2.22. The van der Waals surface area contributed by atoms with Crippen molar-refractivity contribution in [2.45, 2.75) is 63.1 Å². The fourth-order valence-electron chi connectivity index (χ4n) is 2.24. The number of carbonyl (C=O) groups is 1. The van der Waals surface area contributed by atoms with Crippen LogP contribution >= 0.6 is 0 Å². The monoisotopic (exact) mass is 255 g/mol. The van der Waals surface area contributed by atoms with Crippen molar-refractivity contribution < 1.29 is 9.53 Å². The van der Waals surface area contributed by atoms with Crippen molar-refractivity contribution in [2.24, 2.45) is 5.73 Å². The van der Waals surface area contributed by atoms with Crippen molar-refractivity contribution in [1.82, 2.24) is 10.6 Å². The predicted molar refractivity (Wildman–Crippen MR) is 70.4 cm³/mol. The Balaban J connectivity index is 1.42. The molecule has 0 bridgehead atoms. The van der Waals surface area contributed by atoms with E-state index in [9.17, 15) is 4.79 Å². The smallest absolute Gasteiger partial charge is 0.315 e. The minimum atomic E-state index is -0.0406. The van der Waals surface area contributed by atoms with Gasteiger partial charge >= 0.3 is 6.03 Å². The summed E-state index contributed by atoms with van der Waals surface area (Å²) in [6.45, 7) is 1.41. The minimum absolute atomic E-state index is 0.0406. The molecular formula is C13H25N3O2. The quantitative estimate of drug-likeness (QED) is 0.623. The van der Waals surface area contributed by atoms with E-state index in [0.29, 0.717) is 24.7 Å². The van der Waals surface area contributed by atoms with Gasteiger partial charge in [-0.1, -0.05) is 0 Å². The molecule has 5 heteroatoms. The molecule has 18 heavy (non-hydrogen) atoms. The van der Waals surface area contributed by atoms with Crippen LogP contribution in [0, 0.1) is 0 Å². The molecule has 0 aromatic heterocycles. The maximum Gasteiger partial charge on any atom is 0.315 e. The number of hydrogen-bond donors (Lipinski definition) is 3. The molecule has 2 saturated carbocycles. The van der Waals surface area contributed by atoms with E-state index in [2.05, 4.69) is 10.6 Å².